The molecule has 4 rings (SSSR count). The molecule has 0 saturated carbocycles. The zero-order chi connectivity index (χ0) is 16.4. The lowest BCUT2D eigenvalue weighted by molar-refractivity contribution is 0.0736. The number of nitrogen functional groups attached to an aromatic ring is 1. The molecule has 0 bridgehead atoms. The summed E-state index contributed by atoms with van der Waals surface area (Å²) >= 11 is 0. The molecule has 0 radical (unpaired) electrons. The zero-order valence-corrected chi connectivity index (χ0v) is 13.1. The van der Waals surface area contributed by atoms with Gasteiger partial charge in [0.25, 0.3) is 0 Å². The van der Waals surface area contributed by atoms with Crippen molar-refractivity contribution in [3.05, 3.63) is 60.4 Å². The summed E-state index contributed by atoms with van der Waals surface area (Å²) in [6.07, 6.45) is 1.72. The van der Waals surface area contributed by atoms with E-state index in [4.69, 9.17) is 15.2 Å². The summed E-state index contributed by atoms with van der Waals surface area (Å²) in [5.41, 5.74) is 8.65. The summed E-state index contributed by atoms with van der Waals surface area (Å²) in [6.45, 7) is 1.53. The lowest BCUT2D eigenvalue weighted by Gasteiger charge is -2.17. The third kappa shape index (κ3) is 2.72. The molecule has 0 aliphatic carbocycles. The third-order valence-electron chi connectivity index (χ3n) is 4.09. The highest BCUT2D eigenvalue weighted by Gasteiger charge is 2.25. The summed E-state index contributed by atoms with van der Waals surface area (Å²) in [4.78, 5) is 0. The molecule has 0 fully saturated rings. The number of benzene rings is 2. The highest BCUT2D eigenvalue weighted by Crippen LogP contribution is 2.37. The summed E-state index contributed by atoms with van der Waals surface area (Å²) in [5, 5.41) is 8.29. The predicted molar refractivity (Wildman–Crippen MR) is 90.5 cm³/mol. The van der Waals surface area contributed by atoms with Gasteiger partial charge in [-0.25, -0.2) is 0 Å². The van der Waals surface area contributed by atoms with Gasteiger partial charge in [-0.15, -0.1) is 10.2 Å². The van der Waals surface area contributed by atoms with Gasteiger partial charge < -0.3 is 19.8 Å². The van der Waals surface area contributed by atoms with Crippen LogP contribution in [0.2, 0.25) is 0 Å². The molecule has 1 aromatic heterocycles. The monoisotopic (exact) mass is 322 g/mol. The van der Waals surface area contributed by atoms with Crippen molar-refractivity contribution in [1.82, 2.24) is 14.8 Å². The minimum atomic E-state index is -0.00878. The standard InChI is InChI=1S/C18H18N4O2/c19-16-8-4-7-15-17(16)24-11-14(22-12-20-21-18(15)22)10-23-9-13-5-2-1-3-6-13/h1-8,12,14H,9-11,19H2/t14-/m0/s1. The molecule has 1 aliphatic rings. The van der Waals surface area contributed by atoms with Crippen LogP contribution in [-0.4, -0.2) is 28.0 Å². The number of nitrogens with zero attached hydrogens (tertiary/aromatic N) is 3. The fraction of sp³-hybridized carbons (Fsp3) is 0.222. The first-order chi connectivity index (χ1) is 11.8. The van der Waals surface area contributed by atoms with Gasteiger partial charge in [-0.05, 0) is 17.7 Å². The van der Waals surface area contributed by atoms with Crippen LogP contribution in [0.4, 0.5) is 5.69 Å². The molecular formula is C18H18N4O2. The second kappa shape index (κ2) is 6.33. The van der Waals surface area contributed by atoms with Gasteiger partial charge in [-0.3, -0.25) is 0 Å². The topological polar surface area (TPSA) is 75.2 Å². The van der Waals surface area contributed by atoms with Crippen molar-refractivity contribution in [1.29, 1.82) is 0 Å². The maximum Gasteiger partial charge on any atom is 0.168 e. The Kier molecular flexibility index (Phi) is 3.88. The second-order valence-corrected chi connectivity index (χ2v) is 5.75. The molecule has 122 valence electrons. The Balaban J connectivity index is 1.54. The van der Waals surface area contributed by atoms with Crippen LogP contribution >= 0.6 is 0 Å². The van der Waals surface area contributed by atoms with E-state index in [1.807, 2.05) is 53.1 Å². The number of hydrogen-bond acceptors (Lipinski definition) is 5. The van der Waals surface area contributed by atoms with Crippen LogP contribution in [0.3, 0.4) is 0 Å². The lowest BCUT2D eigenvalue weighted by atomic mass is 10.1. The number of hydrogen-bond donors (Lipinski definition) is 1. The van der Waals surface area contributed by atoms with E-state index in [2.05, 4.69) is 10.2 Å². The Morgan fingerprint density at radius 3 is 2.92 bits per heavy atom. The highest BCUT2D eigenvalue weighted by molar-refractivity contribution is 5.73. The van der Waals surface area contributed by atoms with Crippen molar-refractivity contribution in [2.45, 2.75) is 12.6 Å². The highest BCUT2D eigenvalue weighted by atomic mass is 16.5. The maximum atomic E-state index is 6.04. The van der Waals surface area contributed by atoms with Gasteiger partial charge in [-0.1, -0.05) is 36.4 Å². The normalized spacial score (nSPS) is 15.9. The van der Waals surface area contributed by atoms with Crippen LogP contribution in [0.5, 0.6) is 5.75 Å². The minimum absolute atomic E-state index is 0.00878. The first-order valence-corrected chi connectivity index (χ1v) is 7.86. The number of anilines is 1. The average Bonchev–Trinajstić information content (AvgIpc) is 3.03. The molecule has 3 aromatic rings. The Hall–Kier alpha value is -2.86. The molecule has 1 atom stereocenters. The summed E-state index contributed by atoms with van der Waals surface area (Å²) < 4.78 is 13.8. The Morgan fingerprint density at radius 1 is 1.17 bits per heavy atom. The van der Waals surface area contributed by atoms with Crippen molar-refractivity contribution in [3.63, 3.8) is 0 Å². The Bertz CT molecular complexity index is 832. The van der Waals surface area contributed by atoms with Crippen LogP contribution in [0.15, 0.2) is 54.9 Å². The number of aromatic nitrogens is 3. The largest absolute Gasteiger partial charge is 0.488 e. The van der Waals surface area contributed by atoms with Crippen molar-refractivity contribution in [2.75, 3.05) is 18.9 Å². The number of ether oxygens (including phenoxy) is 2. The molecule has 6 nitrogen and oxygen atoms in total. The smallest absolute Gasteiger partial charge is 0.168 e. The van der Waals surface area contributed by atoms with Crippen LogP contribution < -0.4 is 10.5 Å². The van der Waals surface area contributed by atoms with E-state index in [1.54, 1.807) is 6.33 Å². The van der Waals surface area contributed by atoms with Gasteiger partial charge in [0, 0.05) is 0 Å². The summed E-state index contributed by atoms with van der Waals surface area (Å²) in [5.74, 6) is 1.42. The van der Waals surface area contributed by atoms with Gasteiger partial charge in [0.1, 0.15) is 12.9 Å². The predicted octanol–water partition coefficient (Wildman–Crippen LogP) is 2.68. The minimum Gasteiger partial charge on any atom is -0.488 e. The Morgan fingerprint density at radius 2 is 2.04 bits per heavy atom. The van der Waals surface area contributed by atoms with E-state index in [0.717, 1.165) is 17.0 Å². The first kappa shape index (κ1) is 14.7. The second-order valence-electron chi connectivity index (χ2n) is 5.75. The molecule has 0 amide bonds. The number of fused-ring (bicyclic) bond motifs is 3. The van der Waals surface area contributed by atoms with E-state index in [9.17, 15) is 0 Å². The van der Waals surface area contributed by atoms with Gasteiger partial charge in [0.05, 0.1) is 30.5 Å². The lowest BCUT2D eigenvalue weighted by Crippen LogP contribution is -2.21. The van der Waals surface area contributed by atoms with E-state index in [-0.39, 0.29) is 6.04 Å². The van der Waals surface area contributed by atoms with E-state index in [1.165, 1.54) is 0 Å². The molecule has 2 aromatic carbocycles. The molecule has 24 heavy (non-hydrogen) atoms. The van der Waals surface area contributed by atoms with Crippen molar-refractivity contribution in [3.8, 4) is 17.1 Å². The van der Waals surface area contributed by atoms with Crippen molar-refractivity contribution >= 4 is 5.69 Å². The number of para-hydroxylation sites is 1. The SMILES string of the molecule is Nc1cccc2c1OC[C@H](COCc1ccccc1)n1cnnc1-2. The van der Waals surface area contributed by atoms with Crippen LogP contribution in [0.25, 0.3) is 11.4 Å². The van der Waals surface area contributed by atoms with Gasteiger partial charge in [0.2, 0.25) is 0 Å². The molecule has 0 saturated heterocycles. The average molecular weight is 322 g/mol. The first-order valence-electron chi connectivity index (χ1n) is 7.86. The number of nitrogens with two attached hydrogens (primary N) is 1. The summed E-state index contributed by atoms with van der Waals surface area (Å²) in [7, 11) is 0. The van der Waals surface area contributed by atoms with Gasteiger partial charge in [-0.2, -0.15) is 0 Å². The van der Waals surface area contributed by atoms with Crippen LogP contribution in [0.1, 0.15) is 11.6 Å². The molecule has 6 heteroatoms. The van der Waals surface area contributed by atoms with Gasteiger partial charge >= 0.3 is 0 Å². The van der Waals surface area contributed by atoms with Crippen LogP contribution in [0, 0.1) is 0 Å². The number of rotatable bonds is 4. The maximum absolute atomic E-state index is 6.04. The quantitative estimate of drug-likeness (QED) is 0.747. The molecule has 2 N–H and O–H groups in total. The Labute approximate surface area is 139 Å². The zero-order valence-electron chi connectivity index (χ0n) is 13.1. The molecule has 1 aliphatic heterocycles. The summed E-state index contributed by atoms with van der Waals surface area (Å²) in [6, 6.07) is 15.7. The fourth-order valence-electron chi connectivity index (χ4n) is 2.87. The van der Waals surface area contributed by atoms with Crippen LogP contribution in [-0.2, 0) is 11.3 Å². The molecule has 0 unspecified atom stereocenters. The van der Waals surface area contributed by atoms with Crippen molar-refractivity contribution < 1.29 is 9.47 Å². The fourth-order valence-corrected chi connectivity index (χ4v) is 2.87. The van der Waals surface area contributed by atoms with Gasteiger partial charge in [0.15, 0.2) is 11.6 Å². The molecular weight excluding hydrogens is 304 g/mol. The van der Waals surface area contributed by atoms with Crippen molar-refractivity contribution in [2.24, 2.45) is 0 Å². The van der Waals surface area contributed by atoms with E-state index >= 15 is 0 Å². The third-order valence-corrected chi connectivity index (χ3v) is 4.09. The van der Waals surface area contributed by atoms with E-state index < -0.39 is 0 Å². The molecule has 2 heterocycles. The molecule has 0 spiro atoms. The van der Waals surface area contributed by atoms with E-state index in [0.29, 0.717) is 31.3 Å².